The molecule has 1 aromatic carbocycles. The molecule has 26 heavy (non-hydrogen) atoms. The molecule has 0 fully saturated rings. The number of carbonyl (C=O) groups is 1. The van der Waals surface area contributed by atoms with Gasteiger partial charge < -0.3 is 14.9 Å². The lowest BCUT2D eigenvalue weighted by atomic mass is 10.0. The molecule has 0 radical (unpaired) electrons. The zero-order chi connectivity index (χ0) is 19.2. The number of halogens is 1. The zero-order valence-corrected chi connectivity index (χ0v) is 18.1. The van der Waals surface area contributed by atoms with Gasteiger partial charge in [0.1, 0.15) is 12.9 Å². The minimum Gasteiger partial charge on any atom is -0.470 e. The van der Waals surface area contributed by atoms with E-state index in [4.69, 9.17) is 4.74 Å². The minimum absolute atomic E-state index is 0.186. The van der Waals surface area contributed by atoms with Gasteiger partial charge in [-0.25, -0.2) is 0 Å². The maximum absolute atomic E-state index is 12.6. The van der Waals surface area contributed by atoms with Gasteiger partial charge in [0.15, 0.2) is 0 Å². The van der Waals surface area contributed by atoms with Crippen molar-refractivity contribution in [3.05, 3.63) is 34.0 Å². The van der Waals surface area contributed by atoms with Crippen LogP contribution in [0.25, 0.3) is 10.9 Å². The maximum atomic E-state index is 12.6. The van der Waals surface area contributed by atoms with E-state index in [1.165, 1.54) is 18.9 Å². The summed E-state index contributed by atoms with van der Waals surface area (Å²) in [4.78, 5) is 21.6. The molecule has 0 aliphatic carbocycles. The second kappa shape index (κ2) is 9.40. The van der Waals surface area contributed by atoms with Crippen LogP contribution in [-0.2, 0) is 9.63 Å². The second-order valence-corrected chi connectivity index (χ2v) is 8.39. The number of fused-ring (bicyclic) bond motifs is 1. The van der Waals surface area contributed by atoms with Crippen LogP contribution in [0.4, 0.5) is 0 Å². The van der Waals surface area contributed by atoms with E-state index >= 15 is 0 Å². The fraction of sp³-hybridized carbons (Fsp3) is 0.389. The standard InChI is InChI=1S/C18H22IN3O3S/c1-18(2,7-8-21-24-3)22-16(23)17(26-4)25-14-5-6-15-12(10-14)9-13(19)11-20-15/h5-6,8-11,17H,7H2,1-4H3,(H,22,23)/b21-8+. The number of hydrogen-bond acceptors (Lipinski definition) is 6. The molecule has 2 rings (SSSR count). The summed E-state index contributed by atoms with van der Waals surface area (Å²) in [5.74, 6) is 0.448. The van der Waals surface area contributed by atoms with Gasteiger partial charge in [0.25, 0.3) is 5.91 Å². The highest BCUT2D eigenvalue weighted by atomic mass is 127. The van der Waals surface area contributed by atoms with Crippen molar-refractivity contribution in [1.82, 2.24) is 10.3 Å². The number of hydrogen-bond donors (Lipinski definition) is 1. The Hall–Kier alpha value is -1.55. The van der Waals surface area contributed by atoms with Crippen LogP contribution in [0.3, 0.4) is 0 Å². The normalized spacial score (nSPS) is 13.0. The molecule has 1 atom stereocenters. The summed E-state index contributed by atoms with van der Waals surface area (Å²) in [6.45, 7) is 3.85. The Morgan fingerprint density at radius 1 is 1.46 bits per heavy atom. The van der Waals surface area contributed by atoms with E-state index in [2.05, 4.69) is 42.9 Å². The highest BCUT2D eigenvalue weighted by Crippen LogP contribution is 2.24. The molecule has 1 heterocycles. The largest absolute Gasteiger partial charge is 0.470 e. The van der Waals surface area contributed by atoms with Gasteiger partial charge in [-0.1, -0.05) is 5.16 Å². The lowest BCUT2D eigenvalue weighted by Gasteiger charge is -2.27. The number of nitrogens with zero attached hydrogens (tertiary/aromatic N) is 2. The first kappa shape index (κ1) is 20.8. The van der Waals surface area contributed by atoms with E-state index in [-0.39, 0.29) is 5.91 Å². The fourth-order valence-corrected chi connectivity index (χ4v) is 3.23. The van der Waals surface area contributed by atoms with Gasteiger partial charge >= 0.3 is 0 Å². The number of pyridine rings is 1. The molecule has 0 aliphatic heterocycles. The van der Waals surface area contributed by atoms with E-state index in [0.717, 1.165) is 14.5 Å². The van der Waals surface area contributed by atoms with E-state index in [0.29, 0.717) is 12.2 Å². The van der Waals surface area contributed by atoms with Crippen molar-refractivity contribution in [3.63, 3.8) is 0 Å². The smallest absolute Gasteiger partial charge is 0.272 e. The van der Waals surface area contributed by atoms with Gasteiger partial charge in [-0.05, 0) is 67.0 Å². The molecule has 1 aromatic heterocycles. The second-order valence-electron chi connectivity index (χ2n) is 6.24. The molecule has 0 saturated heterocycles. The lowest BCUT2D eigenvalue weighted by molar-refractivity contribution is -0.126. The summed E-state index contributed by atoms with van der Waals surface area (Å²) in [5, 5.41) is 7.68. The van der Waals surface area contributed by atoms with Crippen molar-refractivity contribution >= 4 is 57.4 Å². The van der Waals surface area contributed by atoms with Gasteiger partial charge in [0.2, 0.25) is 5.44 Å². The molecule has 1 unspecified atom stereocenters. The van der Waals surface area contributed by atoms with Crippen LogP contribution in [0.5, 0.6) is 5.75 Å². The van der Waals surface area contributed by atoms with Crippen LogP contribution >= 0.6 is 34.4 Å². The maximum Gasteiger partial charge on any atom is 0.272 e. The van der Waals surface area contributed by atoms with Crippen molar-refractivity contribution in [2.45, 2.75) is 31.2 Å². The van der Waals surface area contributed by atoms with Gasteiger partial charge in [-0.15, -0.1) is 11.8 Å². The number of carbonyl (C=O) groups excluding carboxylic acids is 1. The van der Waals surface area contributed by atoms with Crippen LogP contribution < -0.4 is 10.1 Å². The minimum atomic E-state index is -0.651. The summed E-state index contributed by atoms with van der Waals surface area (Å²) < 4.78 is 6.95. The SMILES string of the molecule is CO/N=C/CC(C)(C)NC(=O)C(Oc1ccc2ncc(I)cc2c1)SC. The molecule has 140 valence electrons. The zero-order valence-electron chi connectivity index (χ0n) is 15.2. The molecule has 0 spiro atoms. The third-order valence-corrected chi connectivity index (χ3v) is 4.86. The Morgan fingerprint density at radius 2 is 2.23 bits per heavy atom. The van der Waals surface area contributed by atoms with Crippen LogP contribution in [0.15, 0.2) is 35.6 Å². The number of benzene rings is 1. The molecule has 0 aliphatic rings. The van der Waals surface area contributed by atoms with Gasteiger partial charge in [-0.3, -0.25) is 9.78 Å². The molecule has 1 amide bonds. The van der Waals surface area contributed by atoms with Gasteiger partial charge in [0.05, 0.1) is 5.52 Å². The number of nitrogens with one attached hydrogen (secondary N) is 1. The first-order valence-corrected chi connectivity index (χ1v) is 10.3. The Kier molecular flexibility index (Phi) is 7.51. The first-order chi connectivity index (χ1) is 12.3. The molecule has 0 bridgehead atoms. The monoisotopic (exact) mass is 487 g/mol. The number of thioether (sulfide) groups is 1. The van der Waals surface area contributed by atoms with E-state index < -0.39 is 11.0 Å². The number of aromatic nitrogens is 1. The number of amides is 1. The predicted molar refractivity (Wildman–Crippen MR) is 115 cm³/mol. The van der Waals surface area contributed by atoms with Crippen molar-refractivity contribution in [3.8, 4) is 5.75 Å². The molecule has 6 nitrogen and oxygen atoms in total. The summed E-state index contributed by atoms with van der Waals surface area (Å²) in [6.07, 6.45) is 5.84. The van der Waals surface area contributed by atoms with Crippen molar-refractivity contribution in [2.75, 3.05) is 13.4 Å². The summed E-state index contributed by atoms with van der Waals surface area (Å²) in [7, 11) is 1.49. The molecule has 8 heteroatoms. The van der Waals surface area contributed by atoms with Crippen LogP contribution in [-0.4, -0.2) is 41.4 Å². The van der Waals surface area contributed by atoms with E-state index in [9.17, 15) is 4.79 Å². The average Bonchev–Trinajstić information content (AvgIpc) is 2.58. The molecular formula is C18H22IN3O3S. The Morgan fingerprint density at radius 3 is 2.92 bits per heavy atom. The molecule has 2 aromatic rings. The number of oxime groups is 1. The number of ether oxygens (including phenoxy) is 1. The predicted octanol–water partition coefficient (Wildman–Crippen LogP) is 3.82. The first-order valence-electron chi connectivity index (χ1n) is 7.96. The van der Waals surface area contributed by atoms with E-state index in [1.54, 1.807) is 6.21 Å². The average molecular weight is 487 g/mol. The third-order valence-electron chi connectivity index (χ3n) is 3.53. The van der Waals surface area contributed by atoms with Gasteiger partial charge in [0, 0.05) is 33.3 Å². The van der Waals surface area contributed by atoms with Crippen LogP contribution in [0, 0.1) is 3.57 Å². The van der Waals surface area contributed by atoms with E-state index in [1.807, 2.05) is 50.6 Å². The van der Waals surface area contributed by atoms with Gasteiger partial charge in [-0.2, -0.15) is 0 Å². The Balaban J connectivity index is 2.08. The topological polar surface area (TPSA) is 72.8 Å². The molecular weight excluding hydrogens is 465 g/mol. The van der Waals surface area contributed by atoms with Crippen molar-refractivity contribution < 1.29 is 14.4 Å². The Labute approximate surface area is 171 Å². The van der Waals surface area contributed by atoms with Crippen molar-refractivity contribution in [1.29, 1.82) is 0 Å². The molecule has 0 saturated carbocycles. The summed E-state index contributed by atoms with van der Waals surface area (Å²) in [6, 6.07) is 7.65. The van der Waals surface area contributed by atoms with Crippen LogP contribution in [0.2, 0.25) is 0 Å². The quantitative estimate of drug-likeness (QED) is 0.265. The van der Waals surface area contributed by atoms with Crippen LogP contribution in [0.1, 0.15) is 20.3 Å². The number of rotatable bonds is 8. The Bertz CT molecular complexity index is 798. The highest BCUT2D eigenvalue weighted by molar-refractivity contribution is 14.1. The summed E-state index contributed by atoms with van der Waals surface area (Å²) in [5.41, 5.74) is -0.219. The third kappa shape index (κ3) is 6.01. The van der Waals surface area contributed by atoms with Crippen molar-refractivity contribution in [2.24, 2.45) is 5.16 Å². The highest BCUT2D eigenvalue weighted by Gasteiger charge is 2.26. The fourth-order valence-electron chi connectivity index (χ4n) is 2.27. The summed E-state index contributed by atoms with van der Waals surface area (Å²) >= 11 is 3.56. The molecule has 1 N–H and O–H groups in total. The lowest BCUT2D eigenvalue weighted by Crippen LogP contribution is -2.48.